The van der Waals surface area contributed by atoms with Gasteiger partial charge in [-0.15, -0.1) is 9.94 Å². The fraction of sp³-hybridized carbons (Fsp3) is 0.500. The van der Waals surface area contributed by atoms with Crippen LogP contribution in [-0.4, -0.2) is 39.7 Å². The van der Waals surface area contributed by atoms with Crippen LogP contribution in [0, 0.1) is 0 Å². The zero-order chi connectivity index (χ0) is 12.0. The first kappa shape index (κ1) is 12.2. The van der Waals surface area contributed by atoms with Crippen LogP contribution in [-0.2, 0) is 0 Å². The van der Waals surface area contributed by atoms with Gasteiger partial charge in [-0.05, 0) is 12.5 Å². The van der Waals surface area contributed by atoms with Crippen LogP contribution in [0.3, 0.4) is 0 Å². The van der Waals surface area contributed by atoms with E-state index in [0.29, 0.717) is 16.7 Å². The number of carbonyl (C=O) groups is 1. The largest absolute Gasteiger partial charge is 0.412 e. The van der Waals surface area contributed by atoms with Crippen molar-refractivity contribution < 1.29 is 10.0 Å². The maximum absolute atomic E-state index is 11.6. The lowest BCUT2D eigenvalue weighted by Gasteiger charge is -2.12. The standard InChI is InChI=1S/C10H16N4O2/c1-3-4-6-13(2)10(15)12-9-5-7-14(16)11-8-9/h5,7-8,16H,3-4,6H2,1-2H3. The van der Waals surface area contributed by atoms with Crippen molar-refractivity contribution in [2.24, 2.45) is 4.99 Å². The lowest BCUT2D eigenvalue weighted by molar-refractivity contribution is 0.143. The van der Waals surface area contributed by atoms with Crippen LogP contribution in [0.1, 0.15) is 19.8 Å². The number of unbranched alkanes of at least 4 members (excludes halogenated alkanes) is 1. The van der Waals surface area contributed by atoms with E-state index in [0.717, 1.165) is 12.8 Å². The van der Waals surface area contributed by atoms with Gasteiger partial charge < -0.3 is 10.1 Å². The van der Waals surface area contributed by atoms with Crippen LogP contribution in [0.4, 0.5) is 4.79 Å². The molecule has 16 heavy (non-hydrogen) atoms. The van der Waals surface area contributed by atoms with E-state index < -0.39 is 0 Å². The highest BCUT2D eigenvalue weighted by Crippen LogP contribution is 1.93. The molecule has 0 aliphatic rings. The highest BCUT2D eigenvalue weighted by atomic mass is 16.5. The lowest BCUT2D eigenvalue weighted by Crippen LogP contribution is -2.26. The summed E-state index contributed by atoms with van der Waals surface area (Å²) < 4.78 is 0. The molecule has 0 fully saturated rings. The van der Waals surface area contributed by atoms with Gasteiger partial charge in [0.2, 0.25) is 0 Å². The Bertz CT molecular complexity index is 393. The highest BCUT2D eigenvalue weighted by Gasteiger charge is 2.04. The molecule has 1 aromatic heterocycles. The molecule has 0 spiro atoms. The number of rotatable bonds is 3. The Hall–Kier alpha value is -1.85. The molecule has 0 saturated carbocycles. The number of hydrogen-bond donors (Lipinski definition) is 1. The lowest BCUT2D eigenvalue weighted by atomic mass is 10.3. The summed E-state index contributed by atoms with van der Waals surface area (Å²) in [7, 11) is 1.71. The maximum atomic E-state index is 11.6. The third kappa shape index (κ3) is 3.72. The second-order valence-corrected chi connectivity index (χ2v) is 3.48. The summed E-state index contributed by atoms with van der Waals surface area (Å²) >= 11 is 0. The third-order valence-electron chi connectivity index (χ3n) is 2.09. The number of aromatic nitrogens is 2. The van der Waals surface area contributed by atoms with Crippen molar-refractivity contribution in [1.82, 2.24) is 14.8 Å². The number of urea groups is 1. The van der Waals surface area contributed by atoms with Crippen LogP contribution in [0.5, 0.6) is 0 Å². The topological polar surface area (TPSA) is 70.7 Å². The molecule has 0 atom stereocenters. The van der Waals surface area contributed by atoms with Crippen molar-refractivity contribution in [1.29, 1.82) is 0 Å². The Morgan fingerprint density at radius 3 is 3.00 bits per heavy atom. The fourth-order valence-corrected chi connectivity index (χ4v) is 1.10. The second kappa shape index (κ2) is 5.89. The van der Waals surface area contributed by atoms with E-state index in [-0.39, 0.29) is 6.03 Å². The Labute approximate surface area is 93.8 Å². The Morgan fingerprint density at radius 2 is 2.44 bits per heavy atom. The predicted octanol–water partition coefficient (Wildman–Crippen LogP) is 0.873. The Kier molecular flexibility index (Phi) is 4.50. The number of hydrogen-bond acceptors (Lipinski definition) is 3. The van der Waals surface area contributed by atoms with Gasteiger partial charge in [0.1, 0.15) is 0 Å². The number of amides is 2. The second-order valence-electron chi connectivity index (χ2n) is 3.48. The average Bonchev–Trinajstić information content (AvgIpc) is 2.29. The van der Waals surface area contributed by atoms with Gasteiger partial charge in [-0.2, -0.15) is 4.99 Å². The van der Waals surface area contributed by atoms with Crippen molar-refractivity contribution in [3.05, 3.63) is 23.8 Å². The zero-order valence-corrected chi connectivity index (χ0v) is 9.50. The Balaban J connectivity index is 2.68. The van der Waals surface area contributed by atoms with E-state index in [9.17, 15) is 4.79 Å². The van der Waals surface area contributed by atoms with Crippen molar-refractivity contribution in [2.45, 2.75) is 19.8 Å². The summed E-state index contributed by atoms with van der Waals surface area (Å²) in [5, 5.41) is 12.9. The first-order valence-electron chi connectivity index (χ1n) is 5.17. The van der Waals surface area contributed by atoms with E-state index in [1.807, 2.05) is 0 Å². The molecule has 1 N–H and O–H groups in total. The minimum absolute atomic E-state index is 0.300. The zero-order valence-electron chi connectivity index (χ0n) is 9.50. The quantitative estimate of drug-likeness (QED) is 0.774. The summed E-state index contributed by atoms with van der Waals surface area (Å²) in [6.45, 7) is 2.76. The molecule has 0 aromatic carbocycles. The van der Waals surface area contributed by atoms with Crippen LogP contribution in [0.2, 0.25) is 0 Å². The van der Waals surface area contributed by atoms with Crippen molar-refractivity contribution in [3.8, 4) is 0 Å². The van der Waals surface area contributed by atoms with E-state index >= 15 is 0 Å². The molecule has 6 heteroatoms. The summed E-state index contributed by atoms with van der Waals surface area (Å²) in [6, 6.07) is 1.21. The predicted molar refractivity (Wildman–Crippen MR) is 57.9 cm³/mol. The van der Waals surface area contributed by atoms with Crippen LogP contribution < -0.4 is 5.36 Å². The van der Waals surface area contributed by atoms with E-state index in [1.165, 1.54) is 18.5 Å². The molecule has 1 aromatic rings. The van der Waals surface area contributed by atoms with Crippen molar-refractivity contribution in [3.63, 3.8) is 0 Å². The van der Waals surface area contributed by atoms with Gasteiger partial charge >= 0.3 is 6.03 Å². The van der Waals surface area contributed by atoms with Crippen LogP contribution >= 0.6 is 0 Å². The van der Waals surface area contributed by atoms with Crippen LogP contribution in [0.25, 0.3) is 0 Å². The SMILES string of the molecule is CCCCN(C)C(=O)N=c1ccn(O)nc1. The minimum Gasteiger partial charge on any atom is -0.412 e. The smallest absolute Gasteiger partial charge is 0.343 e. The summed E-state index contributed by atoms with van der Waals surface area (Å²) in [4.78, 5) is 17.6. The van der Waals surface area contributed by atoms with Gasteiger partial charge in [0.05, 0.1) is 17.8 Å². The van der Waals surface area contributed by atoms with Gasteiger partial charge in [0, 0.05) is 13.6 Å². The van der Waals surface area contributed by atoms with Gasteiger partial charge in [0.15, 0.2) is 0 Å². The molecule has 0 aliphatic carbocycles. The van der Waals surface area contributed by atoms with Gasteiger partial charge in [0.25, 0.3) is 0 Å². The molecule has 1 rings (SSSR count). The summed E-state index contributed by atoms with van der Waals surface area (Å²) in [5.41, 5.74) is 0. The number of carbonyl (C=O) groups excluding carboxylic acids is 1. The van der Waals surface area contributed by atoms with Gasteiger partial charge in [-0.1, -0.05) is 13.3 Å². The van der Waals surface area contributed by atoms with E-state index in [1.54, 1.807) is 11.9 Å². The molecule has 0 radical (unpaired) electrons. The van der Waals surface area contributed by atoms with Crippen LogP contribution in [0.15, 0.2) is 23.5 Å². The maximum Gasteiger partial charge on any atom is 0.343 e. The van der Waals surface area contributed by atoms with E-state index in [4.69, 9.17) is 5.21 Å². The molecule has 2 amide bonds. The molecule has 6 nitrogen and oxygen atoms in total. The first-order chi connectivity index (χ1) is 7.63. The first-order valence-corrected chi connectivity index (χ1v) is 5.17. The van der Waals surface area contributed by atoms with Gasteiger partial charge in [-0.25, -0.2) is 4.79 Å². The third-order valence-corrected chi connectivity index (χ3v) is 2.09. The molecule has 88 valence electrons. The van der Waals surface area contributed by atoms with Crippen molar-refractivity contribution >= 4 is 6.03 Å². The van der Waals surface area contributed by atoms with Gasteiger partial charge in [-0.3, -0.25) is 0 Å². The minimum atomic E-state index is -0.300. The summed E-state index contributed by atoms with van der Waals surface area (Å²) in [6.07, 6.45) is 4.64. The average molecular weight is 224 g/mol. The highest BCUT2D eigenvalue weighted by molar-refractivity contribution is 5.74. The normalized spacial score (nSPS) is 11.5. The monoisotopic (exact) mass is 224 g/mol. The fourth-order valence-electron chi connectivity index (χ4n) is 1.10. The molecule has 0 saturated heterocycles. The molecule has 0 unspecified atom stereocenters. The molecule has 0 bridgehead atoms. The Morgan fingerprint density at radius 1 is 1.69 bits per heavy atom. The summed E-state index contributed by atoms with van der Waals surface area (Å²) in [5.74, 6) is 0. The molecular weight excluding hydrogens is 208 g/mol. The van der Waals surface area contributed by atoms with Crippen molar-refractivity contribution in [2.75, 3.05) is 13.6 Å². The molecular formula is C10H16N4O2. The van der Waals surface area contributed by atoms with E-state index in [2.05, 4.69) is 17.0 Å². The molecule has 0 aliphatic heterocycles. The molecule has 1 heterocycles. The number of nitrogens with zero attached hydrogens (tertiary/aromatic N) is 4.